The first-order valence-electron chi connectivity index (χ1n) is 8.11. The van der Waals surface area contributed by atoms with Gasteiger partial charge in [0.1, 0.15) is 5.69 Å². The van der Waals surface area contributed by atoms with E-state index >= 15 is 0 Å². The van der Waals surface area contributed by atoms with Crippen LogP contribution in [-0.2, 0) is 4.74 Å². The van der Waals surface area contributed by atoms with Crippen molar-refractivity contribution < 1.29 is 22.7 Å². The Kier molecular flexibility index (Phi) is 4.07. The number of aromatic amines is 1. The number of fused-ring (bicyclic) bond motifs is 3. The van der Waals surface area contributed by atoms with E-state index in [1.807, 2.05) is 48.5 Å². The Labute approximate surface area is 151 Å². The highest BCUT2D eigenvalue weighted by Gasteiger charge is 2.30. The molecule has 2 aromatic carbocycles. The van der Waals surface area contributed by atoms with Crippen molar-refractivity contribution in [2.24, 2.45) is 0 Å². The highest BCUT2D eigenvalue weighted by Crippen LogP contribution is 2.30. The Morgan fingerprint density at radius 3 is 2.44 bits per heavy atom. The number of hydrogen-bond donors (Lipinski definition) is 1. The van der Waals surface area contributed by atoms with Crippen molar-refractivity contribution in [3.05, 3.63) is 66.5 Å². The summed E-state index contributed by atoms with van der Waals surface area (Å²) < 4.78 is 41.0. The third-order valence-electron chi connectivity index (χ3n) is 4.17. The van der Waals surface area contributed by atoms with Gasteiger partial charge < -0.3 is 9.72 Å². The molecule has 0 atom stereocenters. The predicted molar refractivity (Wildman–Crippen MR) is 95.4 cm³/mol. The molecule has 0 saturated carbocycles. The van der Waals surface area contributed by atoms with Crippen LogP contribution in [0.1, 0.15) is 10.5 Å². The topological polar surface area (TPSA) is 55.0 Å². The molecular weight excluding hydrogens is 357 g/mol. The molecule has 0 spiro atoms. The van der Waals surface area contributed by atoms with E-state index in [0.29, 0.717) is 10.9 Å². The summed E-state index contributed by atoms with van der Waals surface area (Å²) in [4.78, 5) is 19.0. The third kappa shape index (κ3) is 3.48. The summed E-state index contributed by atoms with van der Waals surface area (Å²) in [5, 5.41) is 1.54. The maximum absolute atomic E-state index is 12.2. The van der Waals surface area contributed by atoms with Crippen LogP contribution in [0.15, 0.2) is 60.8 Å². The van der Waals surface area contributed by atoms with Gasteiger partial charge in [-0.3, -0.25) is 0 Å². The summed E-state index contributed by atoms with van der Waals surface area (Å²) in [6.07, 6.45) is -3.16. The van der Waals surface area contributed by atoms with Gasteiger partial charge in [-0.2, -0.15) is 13.2 Å². The van der Waals surface area contributed by atoms with Crippen LogP contribution in [-0.4, -0.2) is 28.7 Å². The third-order valence-corrected chi connectivity index (χ3v) is 4.17. The Balaban J connectivity index is 1.75. The van der Waals surface area contributed by atoms with Crippen LogP contribution < -0.4 is 0 Å². The minimum Gasteiger partial charge on any atom is -0.451 e. The van der Waals surface area contributed by atoms with E-state index in [4.69, 9.17) is 0 Å². The molecule has 0 aliphatic heterocycles. The number of ether oxygens (including phenoxy) is 1. The normalized spacial score (nSPS) is 11.8. The molecule has 1 N–H and O–H groups in total. The van der Waals surface area contributed by atoms with Crippen LogP contribution in [0.3, 0.4) is 0 Å². The average Bonchev–Trinajstić information content (AvgIpc) is 3.03. The molecule has 27 heavy (non-hydrogen) atoms. The largest absolute Gasteiger partial charge is 0.451 e. The number of pyridine rings is 1. The van der Waals surface area contributed by atoms with Gasteiger partial charge in [0, 0.05) is 16.3 Å². The molecule has 2 heterocycles. The number of esters is 1. The van der Waals surface area contributed by atoms with Crippen molar-refractivity contribution in [2.75, 3.05) is 6.61 Å². The SMILES string of the molecule is O=C(OCC(F)(F)F)c1cc2c(cn1)[nH]c1ccc(-c3ccccc3)cc12. The van der Waals surface area contributed by atoms with Crippen LogP contribution >= 0.6 is 0 Å². The summed E-state index contributed by atoms with van der Waals surface area (Å²) in [6, 6.07) is 17.1. The van der Waals surface area contributed by atoms with E-state index < -0.39 is 18.8 Å². The molecule has 0 fully saturated rings. The predicted octanol–water partition coefficient (Wildman–Crippen LogP) is 5.10. The van der Waals surface area contributed by atoms with Gasteiger partial charge in [0.2, 0.25) is 0 Å². The summed E-state index contributed by atoms with van der Waals surface area (Å²) in [5.41, 5.74) is 3.38. The lowest BCUT2D eigenvalue weighted by atomic mass is 10.0. The Hall–Kier alpha value is -3.35. The number of alkyl halides is 3. The summed E-state index contributed by atoms with van der Waals surface area (Å²) in [7, 11) is 0. The molecule has 0 aliphatic rings. The smallest absolute Gasteiger partial charge is 0.422 e. The van der Waals surface area contributed by atoms with Crippen LogP contribution in [0.25, 0.3) is 32.9 Å². The second kappa shape index (κ2) is 6.42. The summed E-state index contributed by atoms with van der Waals surface area (Å²) >= 11 is 0. The molecule has 136 valence electrons. The molecule has 7 heteroatoms. The molecule has 4 nitrogen and oxygen atoms in total. The quantitative estimate of drug-likeness (QED) is 0.510. The zero-order chi connectivity index (χ0) is 19.0. The van der Waals surface area contributed by atoms with Crippen molar-refractivity contribution in [2.45, 2.75) is 6.18 Å². The lowest BCUT2D eigenvalue weighted by molar-refractivity contribution is -0.161. The molecule has 2 aromatic heterocycles. The molecule has 0 radical (unpaired) electrons. The van der Waals surface area contributed by atoms with Gasteiger partial charge in [0.25, 0.3) is 0 Å². The molecule has 0 aliphatic carbocycles. The Morgan fingerprint density at radius 1 is 0.963 bits per heavy atom. The number of aromatic nitrogens is 2. The molecule has 0 bridgehead atoms. The second-order valence-electron chi connectivity index (χ2n) is 6.06. The monoisotopic (exact) mass is 370 g/mol. The standard InChI is InChI=1S/C20H13F3N2O2/c21-20(22,23)11-27-19(26)17-9-15-14-8-13(12-4-2-1-3-5-12)6-7-16(14)25-18(15)10-24-17/h1-10,25H,11H2. The van der Waals surface area contributed by atoms with Gasteiger partial charge in [-0.05, 0) is 29.3 Å². The van der Waals surface area contributed by atoms with E-state index in [2.05, 4.69) is 14.7 Å². The maximum atomic E-state index is 12.2. The minimum atomic E-state index is -4.58. The number of carbonyl (C=O) groups excluding carboxylic acids is 1. The average molecular weight is 370 g/mol. The molecule has 0 unspecified atom stereocenters. The lowest BCUT2D eigenvalue weighted by Crippen LogP contribution is -2.20. The number of carbonyl (C=O) groups is 1. The first-order valence-corrected chi connectivity index (χ1v) is 8.11. The number of halogens is 3. The Morgan fingerprint density at radius 2 is 1.70 bits per heavy atom. The number of benzene rings is 2. The first kappa shape index (κ1) is 17.1. The van der Waals surface area contributed by atoms with Gasteiger partial charge >= 0.3 is 12.1 Å². The van der Waals surface area contributed by atoms with Crippen molar-refractivity contribution in [3.63, 3.8) is 0 Å². The molecule has 0 amide bonds. The van der Waals surface area contributed by atoms with Crippen LogP contribution in [0, 0.1) is 0 Å². The molecule has 0 saturated heterocycles. The van der Waals surface area contributed by atoms with Crippen molar-refractivity contribution in [1.82, 2.24) is 9.97 Å². The molecule has 4 rings (SSSR count). The fourth-order valence-corrected chi connectivity index (χ4v) is 2.94. The van der Waals surface area contributed by atoms with Crippen LogP contribution in [0.4, 0.5) is 13.2 Å². The zero-order valence-electron chi connectivity index (χ0n) is 13.9. The number of H-pyrrole nitrogens is 1. The Bertz CT molecular complexity index is 1130. The number of rotatable bonds is 3. The second-order valence-corrected chi connectivity index (χ2v) is 6.06. The van der Waals surface area contributed by atoms with Gasteiger partial charge in [0.15, 0.2) is 6.61 Å². The number of hydrogen-bond acceptors (Lipinski definition) is 3. The summed E-state index contributed by atoms with van der Waals surface area (Å²) in [5.74, 6) is -1.11. The summed E-state index contributed by atoms with van der Waals surface area (Å²) in [6.45, 7) is -1.64. The van der Waals surface area contributed by atoms with Gasteiger partial charge in [0.05, 0.1) is 11.7 Å². The highest BCUT2D eigenvalue weighted by molar-refractivity contribution is 6.09. The first-order chi connectivity index (χ1) is 12.9. The van der Waals surface area contributed by atoms with Gasteiger partial charge in [-0.15, -0.1) is 0 Å². The fraction of sp³-hybridized carbons (Fsp3) is 0.100. The lowest BCUT2D eigenvalue weighted by Gasteiger charge is -2.07. The molecule has 4 aromatic rings. The van der Waals surface area contributed by atoms with Crippen molar-refractivity contribution >= 4 is 27.8 Å². The van der Waals surface area contributed by atoms with Crippen LogP contribution in [0.5, 0.6) is 0 Å². The van der Waals surface area contributed by atoms with E-state index in [1.165, 1.54) is 12.3 Å². The van der Waals surface area contributed by atoms with E-state index in [0.717, 1.165) is 22.0 Å². The van der Waals surface area contributed by atoms with E-state index in [1.54, 1.807) is 0 Å². The van der Waals surface area contributed by atoms with Gasteiger partial charge in [-0.1, -0.05) is 36.4 Å². The van der Waals surface area contributed by atoms with E-state index in [9.17, 15) is 18.0 Å². The fourth-order valence-electron chi connectivity index (χ4n) is 2.94. The van der Waals surface area contributed by atoms with Crippen molar-refractivity contribution in [3.8, 4) is 11.1 Å². The minimum absolute atomic E-state index is 0.169. The molecular formula is C20H13F3N2O2. The van der Waals surface area contributed by atoms with E-state index in [-0.39, 0.29) is 5.69 Å². The number of nitrogens with one attached hydrogen (secondary N) is 1. The number of nitrogens with zero attached hydrogens (tertiary/aromatic N) is 1. The van der Waals surface area contributed by atoms with Crippen molar-refractivity contribution in [1.29, 1.82) is 0 Å². The van der Waals surface area contributed by atoms with Crippen LogP contribution in [0.2, 0.25) is 0 Å². The highest BCUT2D eigenvalue weighted by atomic mass is 19.4. The van der Waals surface area contributed by atoms with Gasteiger partial charge in [-0.25, -0.2) is 9.78 Å². The zero-order valence-corrected chi connectivity index (χ0v) is 13.9. The maximum Gasteiger partial charge on any atom is 0.422 e.